The van der Waals surface area contributed by atoms with Crippen LogP contribution in [0.5, 0.6) is 0 Å². The third-order valence-electron chi connectivity index (χ3n) is 5.16. The zero-order chi connectivity index (χ0) is 15.6. The van der Waals surface area contributed by atoms with E-state index in [1.54, 1.807) is 11.8 Å². The largest absolute Gasteiger partial charge is 0.293 e. The summed E-state index contributed by atoms with van der Waals surface area (Å²) in [5, 5.41) is 0.794. The first-order chi connectivity index (χ1) is 11.3. The van der Waals surface area contributed by atoms with E-state index in [-0.39, 0.29) is 12.4 Å². The minimum atomic E-state index is 0. The van der Waals surface area contributed by atoms with Crippen molar-refractivity contribution < 1.29 is 0 Å². The predicted molar refractivity (Wildman–Crippen MR) is 106 cm³/mol. The number of piperidine rings is 1. The summed E-state index contributed by atoms with van der Waals surface area (Å²) in [6.07, 6.45) is 6.91. The highest BCUT2D eigenvalue weighted by atomic mass is 35.5. The Bertz CT molecular complexity index is 656. The van der Waals surface area contributed by atoms with Crippen LogP contribution in [-0.4, -0.2) is 17.5 Å². The van der Waals surface area contributed by atoms with Crippen molar-refractivity contribution in [2.45, 2.75) is 54.0 Å². The first kappa shape index (κ1) is 18.1. The summed E-state index contributed by atoms with van der Waals surface area (Å²) >= 11 is 7.75. The maximum Gasteiger partial charge on any atom is 0.0406 e. The molecular weight excluding hydrogens is 357 g/mol. The Balaban J connectivity index is 0.00000169. The van der Waals surface area contributed by atoms with E-state index in [2.05, 4.69) is 41.3 Å². The maximum absolute atomic E-state index is 5.95. The van der Waals surface area contributed by atoms with E-state index < -0.39 is 0 Å². The Morgan fingerprint density at radius 1 is 0.833 bits per heavy atom. The summed E-state index contributed by atoms with van der Waals surface area (Å²) < 4.78 is 0. The lowest BCUT2D eigenvalue weighted by Gasteiger charge is -2.34. The van der Waals surface area contributed by atoms with Crippen LogP contribution in [0.15, 0.2) is 58.3 Å². The molecule has 2 aromatic carbocycles. The van der Waals surface area contributed by atoms with Crippen LogP contribution in [0.25, 0.3) is 0 Å². The van der Waals surface area contributed by atoms with Crippen LogP contribution in [0.4, 0.5) is 0 Å². The molecule has 2 unspecified atom stereocenters. The fourth-order valence-electron chi connectivity index (χ4n) is 4.01. The van der Waals surface area contributed by atoms with Gasteiger partial charge in [0, 0.05) is 26.9 Å². The number of hydrogen-bond donors (Lipinski definition) is 0. The van der Waals surface area contributed by atoms with Crippen LogP contribution < -0.4 is 0 Å². The van der Waals surface area contributed by atoms with Gasteiger partial charge >= 0.3 is 0 Å². The van der Waals surface area contributed by atoms with Crippen molar-refractivity contribution in [3.05, 3.63) is 59.1 Å². The Kier molecular flexibility index (Phi) is 6.15. The van der Waals surface area contributed by atoms with E-state index in [0.717, 1.165) is 11.1 Å². The highest BCUT2D eigenvalue weighted by molar-refractivity contribution is 7.99. The summed E-state index contributed by atoms with van der Waals surface area (Å²) in [4.78, 5) is 5.29. The monoisotopic (exact) mass is 379 g/mol. The van der Waals surface area contributed by atoms with Gasteiger partial charge in [-0.25, -0.2) is 0 Å². The van der Waals surface area contributed by atoms with E-state index in [4.69, 9.17) is 11.6 Å². The van der Waals surface area contributed by atoms with Gasteiger partial charge in [0.05, 0.1) is 0 Å². The quantitative estimate of drug-likeness (QED) is 0.590. The van der Waals surface area contributed by atoms with Crippen molar-refractivity contribution >= 4 is 35.8 Å². The van der Waals surface area contributed by atoms with Crippen molar-refractivity contribution in [1.29, 1.82) is 0 Å². The smallest absolute Gasteiger partial charge is 0.0406 e. The van der Waals surface area contributed by atoms with E-state index >= 15 is 0 Å². The molecule has 0 amide bonds. The molecule has 0 radical (unpaired) electrons. The average molecular weight is 380 g/mol. The van der Waals surface area contributed by atoms with Gasteiger partial charge in [0.2, 0.25) is 0 Å². The molecule has 0 aliphatic carbocycles. The molecule has 0 aromatic heterocycles. The van der Waals surface area contributed by atoms with E-state index in [0.29, 0.717) is 6.04 Å². The molecule has 0 spiro atoms. The van der Waals surface area contributed by atoms with E-state index in [9.17, 15) is 0 Å². The normalized spacial score (nSPS) is 23.5. The molecular formula is C20H23Cl2NS. The average Bonchev–Trinajstić information content (AvgIpc) is 3.02. The zero-order valence-electron chi connectivity index (χ0n) is 13.7. The molecule has 4 rings (SSSR count). The summed E-state index contributed by atoms with van der Waals surface area (Å²) in [7, 11) is 0. The Labute approximate surface area is 160 Å². The molecule has 2 fully saturated rings. The van der Waals surface area contributed by atoms with Gasteiger partial charge in [-0.1, -0.05) is 41.9 Å². The first-order valence-corrected chi connectivity index (χ1v) is 9.78. The topological polar surface area (TPSA) is 3.24 Å². The van der Waals surface area contributed by atoms with Crippen LogP contribution in [0.1, 0.15) is 43.7 Å². The fourth-order valence-corrected chi connectivity index (χ4v) is 4.96. The van der Waals surface area contributed by atoms with Crippen LogP contribution >= 0.6 is 35.8 Å². The molecule has 2 aromatic rings. The summed E-state index contributed by atoms with van der Waals surface area (Å²) in [6, 6.07) is 18.8. The second-order valence-corrected chi connectivity index (χ2v) is 8.19. The van der Waals surface area contributed by atoms with Crippen LogP contribution in [0.3, 0.4) is 0 Å². The summed E-state index contributed by atoms with van der Waals surface area (Å²) in [6.45, 7) is 1.29. The minimum absolute atomic E-state index is 0. The Hall–Kier alpha value is -0.670. The van der Waals surface area contributed by atoms with Gasteiger partial charge in [-0.3, -0.25) is 4.90 Å². The van der Waals surface area contributed by atoms with Crippen LogP contribution in [-0.2, 0) is 0 Å². The summed E-state index contributed by atoms with van der Waals surface area (Å²) in [5.41, 5.74) is 1.50. The predicted octanol–water partition coefficient (Wildman–Crippen LogP) is 6.60. The molecule has 2 aliphatic rings. The molecule has 4 heteroatoms. The van der Waals surface area contributed by atoms with Gasteiger partial charge in [-0.2, -0.15) is 0 Å². The third-order valence-corrected chi connectivity index (χ3v) is 6.43. The highest BCUT2D eigenvalue weighted by Crippen LogP contribution is 2.40. The Morgan fingerprint density at radius 3 is 2.21 bits per heavy atom. The van der Waals surface area contributed by atoms with Crippen molar-refractivity contribution in [2.24, 2.45) is 0 Å². The molecule has 0 saturated carbocycles. The lowest BCUT2D eigenvalue weighted by atomic mass is 10.0. The first-order valence-electron chi connectivity index (χ1n) is 8.59. The molecule has 24 heavy (non-hydrogen) atoms. The molecule has 128 valence electrons. The van der Waals surface area contributed by atoms with Crippen LogP contribution in [0.2, 0.25) is 5.02 Å². The Morgan fingerprint density at radius 2 is 1.50 bits per heavy atom. The zero-order valence-corrected chi connectivity index (χ0v) is 16.0. The van der Waals surface area contributed by atoms with Crippen molar-refractivity contribution in [1.82, 2.24) is 4.90 Å². The van der Waals surface area contributed by atoms with Gasteiger partial charge in [0.1, 0.15) is 0 Å². The molecule has 0 N–H and O–H groups in total. The SMILES string of the molecule is Cl.Clc1ccc(Sc2ccc(C3CCC4CCCCN43)cc2)cc1. The lowest BCUT2D eigenvalue weighted by molar-refractivity contribution is 0.150. The number of fused-ring (bicyclic) bond motifs is 1. The van der Waals surface area contributed by atoms with E-state index in [1.807, 2.05) is 12.1 Å². The molecule has 2 saturated heterocycles. The van der Waals surface area contributed by atoms with Crippen LogP contribution in [0, 0.1) is 0 Å². The van der Waals surface area contributed by atoms with Crippen molar-refractivity contribution in [3.63, 3.8) is 0 Å². The number of nitrogens with zero attached hydrogens (tertiary/aromatic N) is 1. The van der Waals surface area contributed by atoms with Crippen molar-refractivity contribution in [2.75, 3.05) is 6.54 Å². The van der Waals surface area contributed by atoms with Gasteiger partial charge in [0.25, 0.3) is 0 Å². The van der Waals surface area contributed by atoms with Gasteiger partial charge < -0.3 is 0 Å². The second kappa shape index (κ2) is 8.14. The van der Waals surface area contributed by atoms with Gasteiger partial charge in [-0.05, 0) is 74.2 Å². The minimum Gasteiger partial charge on any atom is -0.293 e. The lowest BCUT2D eigenvalue weighted by Crippen LogP contribution is -2.35. The number of rotatable bonds is 3. The highest BCUT2D eigenvalue weighted by Gasteiger charge is 2.35. The molecule has 2 heterocycles. The molecule has 2 atom stereocenters. The third kappa shape index (κ3) is 3.94. The number of hydrogen-bond acceptors (Lipinski definition) is 2. The standard InChI is InChI=1S/C20H22ClNS.ClH/c21-16-6-11-19(12-7-16)23-18-9-4-15(5-10-18)20-13-8-17-3-1-2-14-22(17)20;/h4-7,9-12,17,20H,1-3,8,13-14H2;1H. The maximum atomic E-state index is 5.95. The molecule has 1 nitrogen and oxygen atoms in total. The second-order valence-electron chi connectivity index (χ2n) is 6.61. The molecule has 0 bridgehead atoms. The van der Waals surface area contributed by atoms with Crippen molar-refractivity contribution in [3.8, 4) is 0 Å². The number of halogens is 2. The van der Waals surface area contributed by atoms with Gasteiger partial charge in [-0.15, -0.1) is 12.4 Å². The number of benzene rings is 2. The fraction of sp³-hybridized carbons (Fsp3) is 0.400. The molecule has 2 aliphatic heterocycles. The van der Waals surface area contributed by atoms with Gasteiger partial charge in [0.15, 0.2) is 0 Å². The van der Waals surface area contributed by atoms with E-state index in [1.165, 1.54) is 54.0 Å². The summed E-state index contributed by atoms with van der Waals surface area (Å²) in [5.74, 6) is 0.